The van der Waals surface area contributed by atoms with E-state index >= 15 is 0 Å². The van der Waals surface area contributed by atoms with Crippen molar-refractivity contribution in [2.24, 2.45) is 5.92 Å². The normalized spacial score (nSPS) is 12.4. The minimum Gasteiger partial charge on any atom is -0.322 e. The van der Waals surface area contributed by atoms with E-state index in [1.54, 1.807) is 19.1 Å². The Morgan fingerprint density at radius 2 is 1.73 bits per heavy atom. The van der Waals surface area contributed by atoms with Crippen LogP contribution in [0.5, 0.6) is 0 Å². The second-order valence-corrected chi connectivity index (χ2v) is 9.56. The van der Waals surface area contributed by atoms with Gasteiger partial charge in [-0.25, -0.2) is 12.8 Å². The number of carbonyl (C=O) groups is 1. The maximum absolute atomic E-state index is 13.4. The van der Waals surface area contributed by atoms with Gasteiger partial charge in [0.25, 0.3) is 5.91 Å². The summed E-state index contributed by atoms with van der Waals surface area (Å²) in [6, 6.07) is 20.0. The Kier molecular flexibility index (Phi) is 6.67. The van der Waals surface area contributed by atoms with E-state index in [4.69, 9.17) is 0 Å². The van der Waals surface area contributed by atoms with Gasteiger partial charge in [-0.3, -0.25) is 4.79 Å². The number of hydrogen-bond donors (Lipinski definition) is 1. The molecule has 0 heterocycles. The molecule has 0 radical (unpaired) electrons. The zero-order valence-electron chi connectivity index (χ0n) is 16.9. The van der Waals surface area contributed by atoms with Crippen LogP contribution in [-0.2, 0) is 16.3 Å². The van der Waals surface area contributed by atoms with E-state index < -0.39 is 15.7 Å². The fourth-order valence-electron chi connectivity index (χ4n) is 3.30. The van der Waals surface area contributed by atoms with Crippen LogP contribution in [0.25, 0.3) is 0 Å². The summed E-state index contributed by atoms with van der Waals surface area (Å²) in [5, 5.41) is 2.68. The van der Waals surface area contributed by atoms with Gasteiger partial charge < -0.3 is 5.32 Å². The van der Waals surface area contributed by atoms with Crippen molar-refractivity contribution in [3.8, 4) is 0 Å². The Balaban J connectivity index is 1.72. The monoisotopic (exact) mass is 425 g/mol. The van der Waals surface area contributed by atoms with Gasteiger partial charge in [-0.05, 0) is 66.8 Å². The summed E-state index contributed by atoms with van der Waals surface area (Å²) in [6.07, 6.45) is 0.657. The number of sulfone groups is 1. The van der Waals surface area contributed by atoms with Crippen molar-refractivity contribution in [1.82, 2.24) is 0 Å². The largest absolute Gasteiger partial charge is 0.322 e. The number of carbonyl (C=O) groups excluding carboxylic acids is 1. The van der Waals surface area contributed by atoms with Crippen LogP contribution in [0.15, 0.2) is 77.7 Å². The first-order valence-electron chi connectivity index (χ1n) is 9.69. The molecule has 156 valence electrons. The first-order chi connectivity index (χ1) is 14.2. The Hall–Kier alpha value is -2.99. The van der Waals surface area contributed by atoms with E-state index in [1.807, 2.05) is 37.3 Å². The van der Waals surface area contributed by atoms with Gasteiger partial charge in [0.15, 0.2) is 9.84 Å². The summed E-state index contributed by atoms with van der Waals surface area (Å²) in [5.74, 6) is -0.886. The average Bonchev–Trinajstić information content (AvgIpc) is 2.71. The summed E-state index contributed by atoms with van der Waals surface area (Å²) in [4.78, 5) is 12.7. The van der Waals surface area contributed by atoms with Crippen LogP contribution >= 0.6 is 0 Å². The summed E-state index contributed by atoms with van der Waals surface area (Å²) in [7, 11) is -3.55. The number of benzene rings is 3. The molecule has 0 spiro atoms. The van der Waals surface area contributed by atoms with Crippen molar-refractivity contribution in [3.05, 3.63) is 95.3 Å². The van der Waals surface area contributed by atoms with E-state index in [1.165, 1.54) is 30.3 Å². The van der Waals surface area contributed by atoms with Crippen LogP contribution < -0.4 is 5.32 Å². The standard InChI is InChI=1S/C24H24FNO3S/c1-17(13-19-7-4-3-5-8-19)16-30(28,29)22-10-6-9-20(15-22)24(27)26-21-11-12-23(25)18(2)14-21/h3-12,14-15,17H,13,16H2,1-2H3,(H,26,27)/t17-/m0/s1. The van der Waals surface area contributed by atoms with E-state index in [-0.39, 0.29) is 27.9 Å². The lowest BCUT2D eigenvalue weighted by molar-refractivity contribution is 0.102. The Morgan fingerprint density at radius 1 is 1.00 bits per heavy atom. The third kappa shape index (κ3) is 5.54. The third-order valence-electron chi connectivity index (χ3n) is 4.80. The van der Waals surface area contributed by atoms with E-state index in [9.17, 15) is 17.6 Å². The van der Waals surface area contributed by atoms with Gasteiger partial charge in [0.1, 0.15) is 5.82 Å². The highest BCUT2D eigenvalue weighted by molar-refractivity contribution is 7.91. The molecule has 0 bridgehead atoms. The van der Waals surface area contributed by atoms with Gasteiger partial charge in [-0.2, -0.15) is 0 Å². The van der Waals surface area contributed by atoms with Crippen LogP contribution in [0.3, 0.4) is 0 Å². The number of nitrogens with one attached hydrogen (secondary N) is 1. The first kappa shape index (κ1) is 21.7. The predicted octanol–water partition coefficient (Wildman–Crippen LogP) is 5.04. The van der Waals surface area contributed by atoms with Crippen LogP contribution in [-0.4, -0.2) is 20.1 Å². The molecule has 3 rings (SSSR count). The predicted molar refractivity (Wildman–Crippen MR) is 117 cm³/mol. The number of amides is 1. The van der Waals surface area contributed by atoms with Crippen molar-refractivity contribution in [2.45, 2.75) is 25.2 Å². The Bertz CT molecular complexity index is 1140. The summed E-state index contributed by atoms with van der Waals surface area (Å²) < 4.78 is 39.2. The van der Waals surface area contributed by atoms with Gasteiger partial charge in [0.2, 0.25) is 0 Å². The maximum Gasteiger partial charge on any atom is 0.255 e. The summed E-state index contributed by atoms with van der Waals surface area (Å²) in [5.41, 5.74) is 2.18. The van der Waals surface area contributed by atoms with Crippen molar-refractivity contribution in [3.63, 3.8) is 0 Å². The Morgan fingerprint density at radius 3 is 2.43 bits per heavy atom. The molecule has 0 unspecified atom stereocenters. The minimum atomic E-state index is -3.55. The summed E-state index contributed by atoms with van der Waals surface area (Å²) in [6.45, 7) is 3.51. The number of rotatable bonds is 7. The molecule has 4 nitrogen and oxygen atoms in total. The molecule has 1 amide bonds. The lowest BCUT2D eigenvalue weighted by Crippen LogP contribution is -2.17. The molecule has 0 aliphatic rings. The molecule has 0 aliphatic carbocycles. The van der Waals surface area contributed by atoms with Crippen molar-refractivity contribution >= 4 is 21.4 Å². The molecular weight excluding hydrogens is 401 g/mol. The van der Waals surface area contributed by atoms with E-state index in [0.29, 0.717) is 17.7 Å². The highest BCUT2D eigenvalue weighted by Crippen LogP contribution is 2.20. The number of hydrogen-bond acceptors (Lipinski definition) is 3. The van der Waals surface area contributed by atoms with Crippen molar-refractivity contribution in [2.75, 3.05) is 11.1 Å². The van der Waals surface area contributed by atoms with Crippen LogP contribution in [0.4, 0.5) is 10.1 Å². The topological polar surface area (TPSA) is 63.2 Å². The van der Waals surface area contributed by atoms with Crippen LogP contribution in [0.2, 0.25) is 0 Å². The summed E-state index contributed by atoms with van der Waals surface area (Å²) >= 11 is 0. The van der Waals surface area contributed by atoms with Gasteiger partial charge >= 0.3 is 0 Å². The second kappa shape index (κ2) is 9.22. The average molecular weight is 426 g/mol. The SMILES string of the molecule is Cc1cc(NC(=O)c2cccc(S(=O)(=O)C[C@@H](C)Cc3ccccc3)c2)ccc1F. The van der Waals surface area contributed by atoms with Gasteiger partial charge in [-0.15, -0.1) is 0 Å². The number of aryl methyl sites for hydroxylation is 1. The molecule has 0 fully saturated rings. The van der Waals surface area contributed by atoms with Gasteiger partial charge in [-0.1, -0.05) is 43.3 Å². The van der Waals surface area contributed by atoms with Crippen LogP contribution in [0.1, 0.15) is 28.4 Å². The quantitative estimate of drug-likeness (QED) is 0.577. The molecule has 6 heteroatoms. The zero-order valence-corrected chi connectivity index (χ0v) is 17.7. The molecular formula is C24H24FNO3S. The van der Waals surface area contributed by atoms with Gasteiger partial charge in [0.05, 0.1) is 10.6 Å². The fourth-order valence-corrected chi connectivity index (χ4v) is 4.95. The molecule has 3 aromatic carbocycles. The highest BCUT2D eigenvalue weighted by atomic mass is 32.2. The smallest absolute Gasteiger partial charge is 0.255 e. The highest BCUT2D eigenvalue weighted by Gasteiger charge is 2.20. The van der Waals surface area contributed by atoms with E-state index in [2.05, 4.69) is 5.32 Å². The minimum absolute atomic E-state index is 0.00980. The lowest BCUT2D eigenvalue weighted by Gasteiger charge is -2.13. The lowest BCUT2D eigenvalue weighted by atomic mass is 10.0. The molecule has 1 atom stereocenters. The number of anilines is 1. The van der Waals surface area contributed by atoms with Crippen molar-refractivity contribution in [1.29, 1.82) is 0 Å². The van der Waals surface area contributed by atoms with E-state index in [0.717, 1.165) is 5.56 Å². The molecule has 3 aromatic rings. The molecule has 30 heavy (non-hydrogen) atoms. The third-order valence-corrected chi connectivity index (χ3v) is 6.78. The Labute approximate surface area is 176 Å². The molecule has 0 aromatic heterocycles. The molecule has 0 saturated heterocycles. The zero-order chi connectivity index (χ0) is 21.7. The number of halogens is 1. The van der Waals surface area contributed by atoms with Crippen LogP contribution in [0, 0.1) is 18.7 Å². The second-order valence-electron chi connectivity index (χ2n) is 7.52. The first-order valence-corrected chi connectivity index (χ1v) is 11.3. The van der Waals surface area contributed by atoms with Gasteiger partial charge in [0, 0.05) is 11.3 Å². The maximum atomic E-state index is 13.4. The molecule has 0 saturated carbocycles. The van der Waals surface area contributed by atoms with Crippen molar-refractivity contribution < 1.29 is 17.6 Å². The fraction of sp³-hybridized carbons (Fsp3) is 0.208. The molecule has 1 N–H and O–H groups in total. The molecule has 0 aliphatic heterocycles.